The summed E-state index contributed by atoms with van der Waals surface area (Å²) >= 11 is 5.99. The zero-order chi connectivity index (χ0) is 19.4. The fourth-order valence-corrected chi connectivity index (χ4v) is 2.58. The Kier molecular flexibility index (Phi) is 5.47. The summed E-state index contributed by atoms with van der Waals surface area (Å²) in [6.07, 6.45) is 4.39. The van der Waals surface area contributed by atoms with Crippen molar-refractivity contribution in [3.8, 4) is 17.5 Å². The number of pyridine rings is 1. The largest absolute Gasteiger partial charge is 0.356 e. The van der Waals surface area contributed by atoms with E-state index in [2.05, 4.69) is 30.6 Å². The molecule has 0 fully saturated rings. The first-order chi connectivity index (χ1) is 13.0. The molecule has 0 radical (unpaired) electrons. The zero-order valence-electron chi connectivity index (χ0n) is 14.3. The predicted molar refractivity (Wildman–Crippen MR) is 105 cm³/mol. The van der Waals surface area contributed by atoms with E-state index in [9.17, 15) is 9.18 Å². The number of rotatable bonds is 6. The second-order valence-electron chi connectivity index (χ2n) is 5.71. The summed E-state index contributed by atoms with van der Waals surface area (Å²) in [5.74, 6) is -0.905. The number of anilines is 1. The molecule has 144 valence electrons. The van der Waals surface area contributed by atoms with Gasteiger partial charge in [-0.2, -0.15) is 5.26 Å². The summed E-state index contributed by atoms with van der Waals surface area (Å²) in [4.78, 5) is 27.3. The third-order valence-corrected chi connectivity index (χ3v) is 3.97. The van der Waals surface area contributed by atoms with Crippen LogP contribution in [0.2, 0.25) is 5.02 Å². The lowest BCUT2D eigenvalue weighted by molar-refractivity contribution is -0.121. The average Bonchev–Trinajstić information content (AvgIpc) is 3.06. The molecule has 0 spiro atoms. The van der Waals surface area contributed by atoms with Crippen LogP contribution in [0, 0.1) is 17.1 Å². The van der Waals surface area contributed by atoms with Crippen LogP contribution in [0.5, 0.6) is 0 Å². The Morgan fingerprint density at radius 2 is 2.30 bits per heavy atom. The molecule has 0 bridgehead atoms. The Morgan fingerprint density at radius 3 is 3.07 bits per heavy atom. The maximum atomic E-state index is 14.1. The maximum absolute atomic E-state index is 14.1. The molecule has 1 atom stereocenters. The minimum atomic E-state index is -0.750. The zero-order valence-corrected chi connectivity index (χ0v) is 15.0. The van der Waals surface area contributed by atoms with E-state index in [-0.39, 0.29) is 34.8 Å². The highest BCUT2D eigenvalue weighted by Crippen LogP contribution is 2.28. The van der Waals surface area contributed by atoms with Crippen LogP contribution in [0.3, 0.4) is 0 Å². The summed E-state index contributed by atoms with van der Waals surface area (Å²) in [5.41, 5.74) is 1.20. The first-order valence-corrected chi connectivity index (χ1v) is 8.44. The van der Waals surface area contributed by atoms with Gasteiger partial charge in [-0.25, -0.2) is 19.3 Å². The second-order valence-corrected chi connectivity index (χ2v) is 6.14. The number of carbonyl (C=O) groups is 1. The molecule has 0 aliphatic carbocycles. The normalized spacial score (nSPS) is 11.8. The molecule has 0 aliphatic heterocycles. The van der Waals surface area contributed by atoms with E-state index in [4.69, 9.17) is 16.9 Å². The number of nitriles is 1. The number of amides is 1. The highest BCUT2D eigenvalue weighted by molar-refractivity contribution is 6.31. The molecule has 10 heteroatoms. The number of halogens is 2. The van der Waals surface area contributed by atoms with Crippen molar-refractivity contribution in [1.82, 2.24) is 25.3 Å². The molecule has 0 aromatic carbocycles. The molecule has 3 aromatic rings. The van der Waals surface area contributed by atoms with Crippen molar-refractivity contribution in [2.45, 2.75) is 19.4 Å². The number of hydrogen-bond donors (Lipinski definition) is 3. The lowest BCUT2D eigenvalue weighted by Gasteiger charge is -2.15. The molecule has 3 N–H and O–H groups in total. The number of nitrogens with one attached hydrogen (secondary N) is 3. The molecule has 8 nitrogen and oxygen atoms in total. The van der Waals surface area contributed by atoms with Gasteiger partial charge in [0, 0.05) is 34.2 Å². The number of H-pyrrole nitrogens is 1. The minimum absolute atomic E-state index is 0. The van der Waals surface area contributed by atoms with Crippen LogP contribution >= 0.6 is 11.6 Å². The SMILES string of the molecule is C[C@H](Nc1nc(-c2c[nH]c3ncc(Cl)cc23)ncc1F)C(=O)NCCC#N.[HH].[HH].[HH]. The smallest absolute Gasteiger partial charge is 0.242 e. The number of hydrogen-bond acceptors (Lipinski definition) is 6. The Labute approximate surface area is 163 Å². The standard InChI is InChI=1S/C17H15ClFN7O.3H2/c1-9(17(27)21-4-2-3-20)25-16-13(19)8-24-15(26-16)12-7-23-14-11(12)5-10(18)6-22-14;;;/h5-9H,2,4H2,1H3,(H,21,27)(H,22,23)(H,24,25,26);3*1H/t9-;;;/m0.../s1. The van der Waals surface area contributed by atoms with E-state index < -0.39 is 11.9 Å². The number of carbonyl (C=O) groups excluding carboxylic acids is 1. The molecular formula is C17H21ClFN7O. The topological polar surface area (TPSA) is 119 Å². The summed E-state index contributed by atoms with van der Waals surface area (Å²) < 4.78 is 14.1. The molecule has 0 unspecified atom stereocenters. The van der Waals surface area contributed by atoms with Gasteiger partial charge in [0.15, 0.2) is 17.5 Å². The van der Waals surface area contributed by atoms with E-state index >= 15 is 0 Å². The molecular weight excluding hydrogens is 373 g/mol. The van der Waals surface area contributed by atoms with Crippen molar-refractivity contribution in [3.05, 3.63) is 35.5 Å². The molecule has 0 saturated carbocycles. The van der Waals surface area contributed by atoms with Crippen LogP contribution in [0.15, 0.2) is 24.7 Å². The quantitative estimate of drug-likeness (QED) is 0.552. The number of aromatic nitrogens is 4. The molecule has 3 heterocycles. The molecule has 1 amide bonds. The number of fused-ring (bicyclic) bond motifs is 1. The van der Waals surface area contributed by atoms with Gasteiger partial charge in [0.25, 0.3) is 0 Å². The van der Waals surface area contributed by atoms with Crippen molar-refractivity contribution < 1.29 is 13.5 Å². The van der Waals surface area contributed by atoms with E-state index in [1.165, 1.54) is 6.20 Å². The van der Waals surface area contributed by atoms with E-state index in [1.54, 1.807) is 19.2 Å². The van der Waals surface area contributed by atoms with Gasteiger partial charge in [0.2, 0.25) is 5.91 Å². The van der Waals surface area contributed by atoms with Crippen LogP contribution in [-0.4, -0.2) is 38.4 Å². The third kappa shape index (κ3) is 4.12. The van der Waals surface area contributed by atoms with Gasteiger partial charge < -0.3 is 15.6 Å². The number of aromatic amines is 1. The fraction of sp³-hybridized carbons (Fsp3) is 0.235. The highest BCUT2D eigenvalue weighted by Gasteiger charge is 2.18. The van der Waals surface area contributed by atoms with Gasteiger partial charge in [0.05, 0.1) is 23.7 Å². The van der Waals surface area contributed by atoms with Crippen molar-refractivity contribution >= 4 is 34.4 Å². The Bertz CT molecular complexity index is 1040. The summed E-state index contributed by atoms with van der Waals surface area (Å²) in [6.45, 7) is 1.79. The first kappa shape index (κ1) is 18.5. The Morgan fingerprint density at radius 1 is 1.48 bits per heavy atom. The summed E-state index contributed by atoms with van der Waals surface area (Å²) in [6, 6.07) is 2.89. The van der Waals surface area contributed by atoms with Crippen LogP contribution in [0.4, 0.5) is 10.2 Å². The molecule has 0 aliphatic rings. The molecule has 3 aromatic heterocycles. The van der Waals surface area contributed by atoms with Gasteiger partial charge in [-0.3, -0.25) is 4.79 Å². The molecule has 0 saturated heterocycles. The lowest BCUT2D eigenvalue weighted by atomic mass is 10.2. The highest BCUT2D eigenvalue weighted by atomic mass is 35.5. The lowest BCUT2D eigenvalue weighted by Crippen LogP contribution is -2.38. The van der Waals surface area contributed by atoms with Gasteiger partial charge in [0.1, 0.15) is 11.7 Å². The summed E-state index contributed by atoms with van der Waals surface area (Å²) in [5, 5.41) is 15.0. The maximum Gasteiger partial charge on any atom is 0.242 e. The van der Waals surface area contributed by atoms with E-state index in [0.29, 0.717) is 21.6 Å². The van der Waals surface area contributed by atoms with Crippen molar-refractivity contribution in [1.29, 1.82) is 5.26 Å². The fourth-order valence-electron chi connectivity index (χ4n) is 2.43. The van der Waals surface area contributed by atoms with Crippen molar-refractivity contribution in [2.75, 3.05) is 11.9 Å². The van der Waals surface area contributed by atoms with Gasteiger partial charge in [-0.15, -0.1) is 0 Å². The third-order valence-electron chi connectivity index (χ3n) is 3.77. The first-order valence-electron chi connectivity index (χ1n) is 8.06. The van der Waals surface area contributed by atoms with E-state index in [1.807, 2.05) is 6.07 Å². The van der Waals surface area contributed by atoms with Gasteiger partial charge >= 0.3 is 0 Å². The van der Waals surface area contributed by atoms with Gasteiger partial charge in [-0.1, -0.05) is 11.6 Å². The van der Waals surface area contributed by atoms with Crippen LogP contribution < -0.4 is 10.6 Å². The van der Waals surface area contributed by atoms with E-state index in [0.717, 1.165) is 6.20 Å². The van der Waals surface area contributed by atoms with Crippen molar-refractivity contribution in [2.24, 2.45) is 0 Å². The van der Waals surface area contributed by atoms with Gasteiger partial charge in [-0.05, 0) is 13.0 Å². The van der Waals surface area contributed by atoms with Crippen LogP contribution in [0.1, 0.15) is 17.6 Å². The monoisotopic (exact) mass is 393 g/mol. The molecule has 3 rings (SSSR count). The van der Waals surface area contributed by atoms with Crippen LogP contribution in [-0.2, 0) is 4.79 Å². The second kappa shape index (κ2) is 7.97. The number of nitrogens with zero attached hydrogens (tertiary/aromatic N) is 4. The predicted octanol–water partition coefficient (Wildman–Crippen LogP) is 3.38. The minimum Gasteiger partial charge on any atom is -0.356 e. The Hall–Kier alpha value is -3.25. The van der Waals surface area contributed by atoms with Crippen molar-refractivity contribution in [3.63, 3.8) is 0 Å². The Balaban J connectivity index is 0.00000280. The average molecular weight is 394 g/mol. The molecule has 27 heavy (non-hydrogen) atoms. The van der Waals surface area contributed by atoms with Crippen LogP contribution in [0.25, 0.3) is 22.4 Å². The summed E-state index contributed by atoms with van der Waals surface area (Å²) in [7, 11) is 0.